The average Bonchev–Trinajstić information content (AvgIpc) is 3.28. The van der Waals surface area contributed by atoms with E-state index in [9.17, 15) is 14.0 Å². The van der Waals surface area contributed by atoms with E-state index in [1.54, 1.807) is 26.4 Å². The Labute approximate surface area is 211 Å². The number of fused-ring (bicyclic) bond motifs is 1. The number of amides is 1. The molecule has 2 heterocycles. The molecule has 36 heavy (non-hydrogen) atoms. The second kappa shape index (κ2) is 11.0. The third-order valence-corrected chi connectivity index (χ3v) is 7.04. The fourth-order valence-electron chi connectivity index (χ4n) is 4.94. The highest BCUT2D eigenvalue weighted by molar-refractivity contribution is 5.98. The molecule has 192 valence electrons. The molecule has 0 saturated carbocycles. The Balaban J connectivity index is 1.36. The summed E-state index contributed by atoms with van der Waals surface area (Å²) < 4.78 is 29.7. The number of hydrogen-bond donors (Lipinski definition) is 0. The average molecular weight is 497 g/mol. The molecule has 0 aliphatic carbocycles. The van der Waals surface area contributed by atoms with Crippen molar-refractivity contribution in [3.05, 3.63) is 64.0 Å². The smallest absolute Gasteiger partial charge is 0.342 e. The highest BCUT2D eigenvalue weighted by atomic mass is 19.1. The number of halogens is 1. The lowest BCUT2D eigenvalue weighted by atomic mass is 9.94. The first-order chi connectivity index (χ1) is 17.3. The zero-order chi connectivity index (χ0) is 25.8. The number of nitrogens with zero attached hydrogens (tertiary/aromatic N) is 2. The number of ether oxygens (including phenoxy) is 3. The largest absolute Gasteiger partial charge is 0.496 e. The Morgan fingerprint density at radius 2 is 1.72 bits per heavy atom. The first-order valence-electron chi connectivity index (χ1n) is 12.2. The molecule has 1 saturated heterocycles. The van der Waals surface area contributed by atoms with Crippen molar-refractivity contribution in [1.82, 2.24) is 4.90 Å². The van der Waals surface area contributed by atoms with E-state index >= 15 is 0 Å². The number of anilines is 1. The Morgan fingerprint density at radius 3 is 2.36 bits per heavy atom. The number of benzene rings is 2. The van der Waals surface area contributed by atoms with Crippen LogP contribution in [0.5, 0.6) is 11.5 Å². The molecule has 0 N–H and O–H groups in total. The third kappa shape index (κ3) is 5.17. The van der Waals surface area contributed by atoms with Gasteiger partial charge in [-0.2, -0.15) is 0 Å². The lowest BCUT2D eigenvalue weighted by Gasteiger charge is -2.36. The van der Waals surface area contributed by atoms with Crippen LogP contribution in [-0.2, 0) is 22.6 Å². The normalized spacial score (nSPS) is 15.6. The van der Waals surface area contributed by atoms with Gasteiger partial charge in [-0.1, -0.05) is 11.6 Å². The molecule has 8 heteroatoms. The van der Waals surface area contributed by atoms with Crippen molar-refractivity contribution < 1.29 is 28.2 Å². The van der Waals surface area contributed by atoms with Gasteiger partial charge in [0.2, 0.25) is 5.91 Å². The third-order valence-electron chi connectivity index (χ3n) is 7.04. The van der Waals surface area contributed by atoms with E-state index in [1.807, 2.05) is 18.7 Å². The summed E-state index contributed by atoms with van der Waals surface area (Å²) in [5.41, 5.74) is 5.03. The van der Waals surface area contributed by atoms with Gasteiger partial charge in [0, 0.05) is 49.4 Å². The Morgan fingerprint density at radius 1 is 1.06 bits per heavy atom. The molecule has 2 aliphatic rings. The molecule has 0 radical (unpaired) electrons. The molecule has 2 aromatic carbocycles. The van der Waals surface area contributed by atoms with Gasteiger partial charge in [0.05, 0.1) is 14.2 Å². The number of piperazine rings is 1. The van der Waals surface area contributed by atoms with Gasteiger partial charge in [-0.3, -0.25) is 4.79 Å². The minimum Gasteiger partial charge on any atom is -0.496 e. The van der Waals surface area contributed by atoms with E-state index < -0.39 is 0 Å². The molecule has 0 atom stereocenters. The van der Waals surface area contributed by atoms with E-state index in [0.29, 0.717) is 49.4 Å². The van der Waals surface area contributed by atoms with E-state index in [-0.39, 0.29) is 24.3 Å². The van der Waals surface area contributed by atoms with Gasteiger partial charge in [-0.15, -0.1) is 0 Å². The highest BCUT2D eigenvalue weighted by Gasteiger charge is 2.32. The second-order valence-electron chi connectivity index (χ2n) is 9.20. The molecule has 1 amide bonds. The van der Waals surface area contributed by atoms with E-state index in [2.05, 4.69) is 11.0 Å². The van der Waals surface area contributed by atoms with Crippen molar-refractivity contribution in [2.45, 2.75) is 39.7 Å². The molecule has 0 unspecified atom stereocenters. The van der Waals surface area contributed by atoms with Gasteiger partial charge < -0.3 is 24.0 Å². The number of allylic oxidation sites excluding steroid dienone is 2. The Bertz CT molecular complexity index is 1170. The van der Waals surface area contributed by atoms with Crippen LogP contribution in [0.1, 0.15) is 46.8 Å². The van der Waals surface area contributed by atoms with Crippen LogP contribution in [0, 0.1) is 12.7 Å². The molecular formula is C28H33FN2O5. The predicted molar refractivity (Wildman–Crippen MR) is 135 cm³/mol. The summed E-state index contributed by atoms with van der Waals surface area (Å²) in [6.07, 6.45) is 3.66. The van der Waals surface area contributed by atoms with Gasteiger partial charge in [0.15, 0.2) is 0 Å². The SMILES string of the molecule is COc1c(C)c2c(c(OC)c1CC=C(C)CCC(=O)N1CCN(c3ccc(F)cc3)CC1)C(=O)OC2. The maximum Gasteiger partial charge on any atom is 0.342 e. The lowest BCUT2D eigenvalue weighted by molar-refractivity contribution is -0.131. The molecular weight excluding hydrogens is 463 g/mol. The molecule has 0 bridgehead atoms. The summed E-state index contributed by atoms with van der Waals surface area (Å²) in [6.45, 7) is 6.91. The van der Waals surface area contributed by atoms with Crippen LogP contribution in [0.3, 0.4) is 0 Å². The van der Waals surface area contributed by atoms with Gasteiger partial charge >= 0.3 is 5.97 Å². The van der Waals surface area contributed by atoms with Crippen LogP contribution >= 0.6 is 0 Å². The lowest BCUT2D eigenvalue weighted by Crippen LogP contribution is -2.48. The summed E-state index contributed by atoms with van der Waals surface area (Å²) >= 11 is 0. The molecule has 2 aliphatic heterocycles. The Kier molecular flexibility index (Phi) is 7.82. The zero-order valence-electron chi connectivity index (χ0n) is 21.4. The molecule has 2 aromatic rings. The van der Waals surface area contributed by atoms with Crippen LogP contribution in [0.4, 0.5) is 10.1 Å². The maximum atomic E-state index is 13.2. The van der Waals surface area contributed by atoms with Crippen molar-refractivity contribution >= 4 is 17.6 Å². The van der Waals surface area contributed by atoms with Crippen LogP contribution in [0.15, 0.2) is 35.9 Å². The summed E-state index contributed by atoms with van der Waals surface area (Å²) in [4.78, 5) is 29.2. The quantitative estimate of drug-likeness (QED) is 0.398. The van der Waals surface area contributed by atoms with Gasteiger partial charge in [0.25, 0.3) is 0 Å². The summed E-state index contributed by atoms with van der Waals surface area (Å²) in [7, 11) is 3.16. The maximum absolute atomic E-state index is 13.2. The molecule has 4 rings (SSSR count). The van der Waals surface area contributed by atoms with Crippen LogP contribution < -0.4 is 14.4 Å². The van der Waals surface area contributed by atoms with Gasteiger partial charge in [-0.05, 0) is 56.5 Å². The fraction of sp³-hybridized carbons (Fsp3) is 0.429. The van der Waals surface area contributed by atoms with Crippen molar-refractivity contribution in [2.75, 3.05) is 45.3 Å². The second-order valence-corrected chi connectivity index (χ2v) is 9.20. The van der Waals surface area contributed by atoms with E-state index in [1.165, 1.54) is 12.1 Å². The van der Waals surface area contributed by atoms with Gasteiger partial charge in [0.1, 0.15) is 29.5 Å². The van der Waals surface area contributed by atoms with Crippen molar-refractivity contribution in [1.29, 1.82) is 0 Å². The molecule has 7 nitrogen and oxygen atoms in total. The molecule has 0 spiro atoms. The minimum absolute atomic E-state index is 0.132. The van der Waals surface area contributed by atoms with Gasteiger partial charge in [-0.25, -0.2) is 9.18 Å². The molecule has 0 aromatic heterocycles. The number of cyclic esters (lactones) is 1. The number of carbonyl (C=O) groups is 2. The topological polar surface area (TPSA) is 68.3 Å². The summed E-state index contributed by atoms with van der Waals surface area (Å²) in [5, 5.41) is 0. The minimum atomic E-state index is -0.375. The fourth-order valence-corrected chi connectivity index (χ4v) is 4.94. The van der Waals surface area contributed by atoms with Crippen molar-refractivity contribution in [3.8, 4) is 11.5 Å². The van der Waals surface area contributed by atoms with Crippen LogP contribution in [0.2, 0.25) is 0 Å². The Hall–Kier alpha value is -3.55. The number of carbonyl (C=O) groups excluding carboxylic acids is 2. The van der Waals surface area contributed by atoms with E-state index in [0.717, 1.165) is 41.0 Å². The van der Waals surface area contributed by atoms with Crippen LogP contribution in [0.25, 0.3) is 0 Å². The number of rotatable bonds is 8. The predicted octanol–water partition coefficient (Wildman–Crippen LogP) is 4.44. The number of methoxy groups -OCH3 is 2. The van der Waals surface area contributed by atoms with Crippen LogP contribution in [-0.4, -0.2) is 57.2 Å². The summed E-state index contributed by atoms with van der Waals surface area (Å²) in [6, 6.07) is 6.47. The zero-order valence-corrected chi connectivity index (χ0v) is 21.4. The number of esters is 1. The first-order valence-corrected chi connectivity index (χ1v) is 12.2. The summed E-state index contributed by atoms with van der Waals surface area (Å²) in [5.74, 6) is 0.700. The highest BCUT2D eigenvalue weighted by Crippen LogP contribution is 2.42. The van der Waals surface area contributed by atoms with E-state index in [4.69, 9.17) is 14.2 Å². The number of hydrogen-bond acceptors (Lipinski definition) is 6. The molecule has 1 fully saturated rings. The van der Waals surface area contributed by atoms with Crippen molar-refractivity contribution in [3.63, 3.8) is 0 Å². The van der Waals surface area contributed by atoms with Crippen molar-refractivity contribution in [2.24, 2.45) is 0 Å². The first kappa shape index (κ1) is 25.5. The standard InChI is InChI=1S/C28H33FN2O5/c1-18(5-11-22-26(34-3)19(2)23-17-36-28(33)25(23)27(22)35-4)6-12-24(32)31-15-13-30(14-16-31)21-9-7-20(29)8-10-21/h5,7-10H,6,11-17H2,1-4H3. The monoisotopic (exact) mass is 496 g/mol.